The number of carboxylic acid groups (broad SMARTS) is 1. The van der Waals surface area contributed by atoms with E-state index in [1.54, 1.807) is 31.3 Å². The number of carbonyl (C=O) groups is 2. The number of anilines is 2. The highest BCUT2D eigenvalue weighted by Gasteiger charge is 2.40. The number of nitrogens with zero attached hydrogens (tertiary/aromatic N) is 5. The van der Waals surface area contributed by atoms with E-state index in [0.29, 0.717) is 29.1 Å². The Morgan fingerprint density at radius 2 is 1.90 bits per heavy atom. The second-order valence-corrected chi connectivity index (χ2v) is 7.55. The molecule has 150 valence electrons. The van der Waals surface area contributed by atoms with Crippen LogP contribution in [0, 0.1) is 5.92 Å². The highest BCUT2D eigenvalue weighted by atomic mass is 16.4. The fraction of sp³-hybridized carbons (Fsp3) is 0.400. The summed E-state index contributed by atoms with van der Waals surface area (Å²) in [7, 11) is 3.45. The highest BCUT2D eigenvalue weighted by Crippen LogP contribution is 2.45. The van der Waals surface area contributed by atoms with Gasteiger partial charge >= 0.3 is 5.97 Å². The van der Waals surface area contributed by atoms with Crippen molar-refractivity contribution in [2.45, 2.75) is 31.6 Å². The first-order chi connectivity index (χ1) is 13.9. The van der Waals surface area contributed by atoms with Crippen LogP contribution in [0.2, 0.25) is 0 Å². The summed E-state index contributed by atoms with van der Waals surface area (Å²) < 4.78 is 0. The molecule has 2 aromatic rings. The lowest BCUT2D eigenvalue weighted by Crippen LogP contribution is -2.34. The summed E-state index contributed by atoms with van der Waals surface area (Å²) in [6, 6.07) is 3.02. The standard InChI is InChI=1S/C20H22N6O3/c1-26(2)18(27)17-15(11-5-3-4-6-11)16-13(23-17)10-22-20(25-16)24-14-8-7-12(9-21-14)19(28)29/h7-11,15H,3-6H2,1-2H3,(H,28,29)(H,21,22,24,25). The zero-order valence-corrected chi connectivity index (χ0v) is 16.3. The van der Waals surface area contributed by atoms with Crippen LogP contribution in [0.15, 0.2) is 29.5 Å². The summed E-state index contributed by atoms with van der Waals surface area (Å²) in [5.41, 5.74) is 2.04. The first-order valence-corrected chi connectivity index (χ1v) is 9.57. The van der Waals surface area contributed by atoms with Gasteiger partial charge in [0, 0.05) is 20.3 Å². The van der Waals surface area contributed by atoms with Gasteiger partial charge in [-0.1, -0.05) is 12.8 Å². The first kappa shape index (κ1) is 19.0. The number of aromatic carboxylic acids is 1. The molecule has 1 saturated carbocycles. The molecule has 4 rings (SSSR count). The molecule has 3 heterocycles. The molecule has 0 aromatic carbocycles. The number of hydrogen-bond acceptors (Lipinski definition) is 7. The molecule has 1 aliphatic carbocycles. The van der Waals surface area contributed by atoms with Crippen LogP contribution in [-0.2, 0) is 4.79 Å². The predicted octanol–water partition coefficient (Wildman–Crippen LogP) is 2.76. The van der Waals surface area contributed by atoms with Gasteiger partial charge in [-0.2, -0.15) is 0 Å². The van der Waals surface area contributed by atoms with E-state index in [1.807, 2.05) is 0 Å². The molecule has 2 aliphatic rings. The Morgan fingerprint density at radius 3 is 2.52 bits per heavy atom. The SMILES string of the molecule is CN(C)C(=O)C1=Nc2cnc(Nc3ccc(C(=O)O)cn3)nc2C1C1CCCC1. The van der Waals surface area contributed by atoms with Gasteiger partial charge in [0.15, 0.2) is 0 Å². The maximum atomic E-state index is 12.7. The van der Waals surface area contributed by atoms with Gasteiger partial charge in [-0.25, -0.2) is 24.7 Å². The van der Waals surface area contributed by atoms with E-state index in [4.69, 9.17) is 5.11 Å². The normalized spacial score (nSPS) is 18.3. The van der Waals surface area contributed by atoms with E-state index < -0.39 is 5.97 Å². The minimum atomic E-state index is -1.03. The van der Waals surface area contributed by atoms with E-state index >= 15 is 0 Å². The summed E-state index contributed by atoms with van der Waals surface area (Å²) in [5.74, 6) is -0.136. The second kappa shape index (κ2) is 7.57. The molecule has 29 heavy (non-hydrogen) atoms. The summed E-state index contributed by atoms with van der Waals surface area (Å²) in [6.07, 6.45) is 7.29. The Labute approximate surface area is 167 Å². The van der Waals surface area contributed by atoms with Gasteiger partial charge in [-0.05, 0) is 30.9 Å². The molecule has 0 spiro atoms. The quantitative estimate of drug-likeness (QED) is 0.800. The number of hydrogen-bond donors (Lipinski definition) is 2. The van der Waals surface area contributed by atoms with Gasteiger partial charge in [0.2, 0.25) is 5.95 Å². The number of aromatic nitrogens is 3. The highest BCUT2D eigenvalue weighted by molar-refractivity contribution is 6.42. The van der Waals surface area contributed by atoms with Crippen molar-refractivity contribution < 1.29 is 14.7 Å². The maximum absolute atomic E-state index is 12.7. The van der Waals surface area contributed by atoms with Crippen molar-refractivity contribution in [3.8, 4) is 0 Å². The van der Waals surface area contributed by atoms with Gasteiger partial charge in [0.05, 0.1) is 23.4 Å². The Morgan fingerprint density at radius 1 is 1.14 bits per heavy atom. The van der Waals surface area contributed by atoms with Crippen LogP contribution < -0.4 is 5.32 Å². The maximum Gasteiger partial charge on any atom is 0.337 e. The number of carbonyl (C=O) groups excluding carboxylic acids is 1. The molecule has 0 saturated heterocycles. The summed E-state index contributed by atoms with van der Waals surface area (Å²) in [6.45, 7) is 0. The summed E-state index contributed by atoms with van der Waals surface area (Å²) >= 11 is 0. The van der Waals surface area contributed by atoms with Gasteiger partial charge in [-0.3, -0.25) is 4.79 Å². The average Bonchev–Trinajstić information content (AvgIpc) is 3.34. The number of aliphatic imine (C=N–C) groups is 1. The number of fused-ring (bicyclic) bond motifs is 1. The van der Waals surface area contributed by atoms with Crippen LogP contribution in [-0.4, -0.2) is 56.6 Å². The molecule has 0 radical (unpaired) electrons. The Kier molecular flexibility index (Phi) is 4.96. The molecule has 9 nitrogen and oxygen atoms in total. The molecule has 1 atom stereocenters. The Hall–Kier alpha value is -3.36. The average molecular weight is 394 g/mol. The van der Waals surface area contributed by atoms with Crippen molar-refractivity contribution in [3.05, 3.63) is 35.8 Å². The third-order valence-corrected chi connectivity index (χ3v) is 5.37. The van der Waals surface area contributed by atoms with Crippen LogP contribution in [0.25, 0.3) is 0 Å². The fourth-order valence-electron chi connectivity index (χ4n) is 3.95. The third kappa shape index (κ3) is 3.67. The van der Waals surface area contributed by atoms with Crippen molar-refractivity contribution >= 4 is 35.0 Å². The molecule has 1 fully saturated rings. The lowest BCUT2D eigenvalue weighted by Gasteiger charge is -2.22. The van der Waals surface area contributed by atoms with Gasteiger partial charge in [-0.15, -0.1) is 0 Å². The Balaban J connectivity index is 1.63. The van der Waals surface area contributed by atoms with Gasteiger partial charge in [0.1, 0.15) is 17.2 Å². The Bertz CT molecular complexity index is 980. The molecule has 9 heteroatoms. The molecule has 1 unspecified atom stereocenters. The number of carboxylic acids is 1. The number of rotatable bonds is 5. The molecular weight excluding hydrogens is 372 g/mol. The zero-order valence-electron chi connectivity index (χ0n) is 16.3. The molecular formula is C20H22N6O3. The van der Waals surface area contributed by atoms with Crippen molar-refractivity contribution in [1.82, 2.24) is 19.9 Å². The molecule has 2 N–H and O–H groups in total. The van der Waals surface area contributed by atoms with E-state index in [1.165, 1.54) is 12.3 Å². The number of nitrogens with one attached hydrogen (secondary N) is 1. The van der Waals surface area contributed by atoms with Crippen molar-refractivity contribution in [2.75, 3.05) is 19.4 Å². The zero-order chi connectivity index (χ0) is 20.5. The van der Waals surface area contributed by atoms with Crippen molar-refractivity contribution in [3.63, 3.8) is 0 Å². The van der Waals surface area contributed by atoms with Gasteiger partial charge in [0.25, 0.3) is 5.91 Å². The lowest BCUT2D eigenvalue weighted by molar-refractivity contribution is -0.122. The largest absolute Gasteiger partial charge is 0.478 e. The smallest absolute Gasteiger partial charge is 0.337 e. The van der Waals surface area contributed by atoms with E-state index in [2.05, 4.69) is 25.3 Å². The summed E-state index contributed by atoms with van der Waals surface area (Å²) in [5, 5.41) is 12.0. The minimum Gasteiger partial charge on any atom is -0.478 e. The molecule has 0 bridgehead atoms. The third-order valence-electron chi connectivity index (χ3n) is 5.37. The minimum absolute atomic E-state index is 0.0969. The van der Waals surface area contributed by atoms with Crippen LogP contribution in [0.1, 0.15) is 47.7 Å². The van der Waals surface area contributed by atoms with Crippen LogP contribution >= 0.6 is 0 Å². The predicted molar refractivity (Wildman–Crippen MR) is 107 cm³/mol. The molecule has 2 aromatic heterocycles. The molecule has 1 amide bonds. The van der Waals surface area contributed by atoms with Crippen LogP contribution in [0.3, 0.4) is 0 Å². The topological polar surface area (TPSA) is 121 Å². The lowest BCUT2D eigenvalue weighted by atomic mass is 9.84. The number of amides is 1. The second-order valence-electron chi connectivity index (χ2n) is 7.55. The van der Waals surface area contributed by atoms with Crippen LogP contribution in [0.4, 0.5) is 17.5 Å². The number of pyridine rings is 1. The van der Waals surface area contributed by atoms with Crippen molar-refractivity contribution in [1.29, 1.82) is 0 Å². The van der Waals surface area contributed by atoms with Crippen molar-refractivity contribution in [2.24, 2.45) is 10.9 Å². The first-order valence-electron chi connectivity index (χ1n) is 9.57. The molecule has 1 aliphatic heterocycles. The fourth-order valence-corrected chi connectivity index (χ4v) is 3.95. The summed E-state index contributed by atoms with van der Waals surface area (Å²) in [4.78, 5) is 42.8. The van der Waals surface area contributed by atoms with Crippen LogP contribution in [0.5, 0.6) is 0 Å². The van der Waals surface area contributed by atoms with Gasteiger partial charge < -0.3 is 15.3 Å². The van der Waals surface area contributed by atoms with E-state index in [9.17, 15) is 9.59 Å². The van der Waals surface area contributed by atoms with E-state index in [-0.39, 0.29) is 17.4 Å². The van der Waals surface area contributed by atoms with E-state index in [0.717, 1.165) is 31.4 Å². The monoisotopic (exact) mass is 394 g/mol.